The van der Waals surface area contributed by atoms with Gasteiger partial charge in [-0.1, -0.05) is 15.9 Å². The standard InChI is InChI=1S/C5H12BrN2P.C2H7N2OP/c1-7-3-4-8(2)9(7)5-6;5-4-3-1-2-6-4/h3-5H2,1-2H3;3,5-6H,1-2H2. The molecule has 0 aliphatic carbocycles. The average molecular weight is 317 g/mol. The fraction of sp³-hybridized carbons (Fsp3) is 1.00. The zero-order valence-corrected chi connectivity index (χ0v) is 12.6. The van der Waals surface area contributed by atoms with Gasteiger partial charge in [-0.25, -0.2) is 5.43 Å². The first kappa shape index (κ1) is 14.2. The minimum Gasteiger partial charge on any atom is -0.296 e. The van der Waals surface area contributed by atoms with E-state index in [1.54, 1.807) is 0 Å². The van der Waals surface area contributed by atoms with Gasteiger partial charge < -0.3 is 0 Å². The summed E-state index contributed by atoms with van der Waals surface area (Å²) >= 11 is 3.50. The van der Waals surface area contributed by atoms with Crippen molar-refractivity contribution in [2.45, 2.75) is 0 Å². The van der Waals surface area contributed by atoms with Crippen LogP contribution in [0.15, 0.2) is 0 Å². The summed E-state index contributed by atoms with van der Waals surface area (Å²) in [6, 6.07) is 0. The summed E-state index contributed by atoms with van der Waals surface area (Å²) in [4.78, 5) is 1.14. The fourth-order valence-corrected chi connectivity index (χ4v) is 5.83. The third-order valence-corrected chi connectivity index (χ3v) is 6.76. The highest BCUT2D eigenvalue weighted by atomic mass is 79.9. The van der Waals surface area contributed by atoms with Crippen LogP contribution in [0.2, 0.25) is 0 Å². The Morgan fingerprint density at radius 3 is 2.20 bits per heavy atom. The van der Waals surface area contributed by atoms with Gasteiger partial charge >= 0.3 is 0 Å². The summed E-state index contributed by atoms with van der Waals surface area (Å²) in [7, 11) is 4.96. The van der Waals surface area contributed by atoms with Crippen LogP contribution >= 0.6 is 32.9 Å². The lowest BCUT2D eigenvalue weighted by Crippen LogP contribution is -2.20. The number of hydrogen-bond donors (Lipinski definition) is 2. The average Bonchev–Trinajstić information content (AvgIpc) is 2.78. The Bertz CT molecular complexity index is 174. The van der Waals surface area contributed by atoms with Gasteiger partial charge in [0.2, 0.25) is 0 Å². The maximum Gasteiger partial charge on any atom is 0.0506 e. The van der Waals surface area contributed by atoms with Crippen molar-refractivity contribution in [3.8, 4) is 0 Å². The number of likely N-dealkylation sites (N-methyl/N-ethyl adjacent to an activating group) is 2. The first-order valence-corrected chi connectivity index (χ1v) is 8.57. The molecule has 2 rings (SSSR count). The predicted octanol–water partition coefficient (Wildman–Crippen LogP) is 1.32. The van der Waals surface area contributed by atoms with E-state index in [-0.39, 0.29) is 8.22 Å². The highest BCUT2D eigenvalue weighted by molar-refractivity contribution is 9.10. The van der Waals surface area contributed by atoms with Crippen LogP contribution < -0.4 is 5.43 Å². The largest absolute Gasteiger partial charge is 0.296 e. The molecule has 2 heterocycles. The topological polar surface area (TPSA) is 42.0 Å². The Labute approximate surface area is 103 Å². The minimum absolute atomic E-state index is 0.0180. The second-order valence-corrected chi connectivity index (χ2v) is 8.48. The van der Waals surface area contributed by atoms with E-state index in [9.17, 15) is 0 Å². The van der Waals surface area contributed by atoms with Crippen LogP contribution in [-0.4, -0.2) is 64.5 Å². The van der Waals surface area contributed by atoms with Crippen LogP contribution in [0.4, 0.5) is 0 Å². The quantitative estimate of drug-likeness (QED) is 0.564. The van der Waals surface area contributed by atoms with E-state index in [1.807, 2.05) is 0 Å². The summed E-state index contributed by atoms with van der Waals surface area (Å²) in [5, 5.41) is 9.58. The Morgan fingerprint density at radius 1 is 1.40 bits per heavy atom. The normalized spacial score (nSPS) is 27.2. The van der Waals surface area contributed by atoms with E-state index in [1.165, 1.54) is 13.1 Å². The molecule has 2 aliphatic heterocycles. The number of hydrogen-bond acceptors (Lipinski definition) is 5. The van der Waals surface area contributed by atoms with Gasteiger partial charge in [0.1, 0.15) is 0 Å². The number of rotatable bonds is 1. The lowest BCUT2D eigenvalue weighted by molar-refractivity contribution is -0.0256. The zero-order valence-electron chi connectivity index (χ0n) is 9.15. The summed E-state index contributed by atoms with van der Waals surface area (Å²) < 4.78 is 4.84. The van der Waals surface area contributed by atoms with E-state index in [0.717, 1.165) is 22.7 Å². The molecule has 15 heavy (non-hydrogen) atoms. The van der Waals surface area contributed by atoms with E-state index in [4.69, 9.17) is 5.21 Å². The minimum atomic E-state index is 0.0180. The maximum absolute atomic E-state index is 8.46. The summed E-state index contributed by atoms with van der Waals surface area (Å²) in [5.74, 6) is 0. The van der Waals surface area contributed by atoms with Gasteiger partial charge in [0.05, 0.1) is 13.3 Å². The van der Waals surface area contributed by atoms with Gasteiger partial charge in [0.25, 0.3) is 0 Å². The Hall–Kier alpha value is 1.14. The number of nitrogens with zero attached hydrogens (tertiary/aromatic N) is 3. The van der Waals surface area contributed by atoms with Crippen LogP contribution in [0.5, 0.6) is 0 Å². The van der Waals surface area contributed by atoms with E-state index in [0.29, 0.717) is 8.73 Å². The van der Waals surface area contributed by atoms with Gasteiger partial charge in [-0.15, -0.1) is 4.94 Å². The molecule has 0 aromatic carbocycles. The van der Waals surface area contributed by atoms with Crippen molar-refractivity contribution >= 4 is 32.9 Å². The summed E-state index contributed by atoms with van der Waals surface area (Å²) in [6.45, 7) is 3.39. The lowest BCUT2D eigenvalue weighted by Gasteiger charge is -2.21. The molecule has 2 saturated heterocycles. The molecule has 0 aromatic rings. The van der Waals surface area contributed by atoms with Crippen LogP contribution in [0, 0.1) is 0 Å². The van der Waals surface area contributed by atoms with Crippen molar-refractivity contribution in [1.29, 1.82) is 0 Å². The molecule has 8 heteroatoms. The summed E-state index contributed by atoms with van der Waals surface area (Å²) in [5.41, 5.74) is 2.72. The van der Waals surface area contributed by atoms with Crippen molar-refractivity contribution < 1.29 is 5.21 Å². The fourth-order valence-electron chi connectivity index (χ4n) is 1.34. The van der Waals surface area contributed by atoms with Gasteiger partial charge in [-0.05, 0) is 29.0 Å². The number of alkyl halides is 1. The van der Waals surface area contributed by atoms with Gasteiger partial charge in [-0.2, -0.15) is 0 Å². The van der Waals surface area contributed by atoms with Crippen LogP contribution in [0.25, 0.3) is 0 Å². The monoisotopic (exact) mass is 316 g/mol. The Kier molecular flexibility index (Phi) is 7.07. The predicted molar refractivity (Wildman–Crippen MR) is 70.8 cm³/mol. The molecular formula is C7H19BrN4OP2. The van der Waals surface area contributed by atoms with Crippen molar-refractivity contribution in [3.63, 3.8) is 0 Å². The van der Waals surface area contributed by atoms with Crippen molar-refractivity contribution in [2.75, 3.05) is 45.0 Å². The van der Waals surface area contributed by atoms with E-state index < -0.39 is 0 Å². The Morgan fingerprint density at radius 2 is 2.00 bits per heavy atom. The molecule has 5 nitrogen and oxygen atoms in total. The number of hydrazine groups is 1. The highest BCUT2D eigenvalue weighted by Crippen LogP contribution is 2.46. The smallest absolute Gasteiger partial charge is 0.0506 e. The molecule has 90 valence electrons. The highest BCUT2D eigenvalue weighted by Gasteiger charge is 2.24. The van der Waals surface area contributed by atoms with E-state index >= 15 is 0 Å². The molecule has 0 saturated carbocycles. The molecule has 0 amide bonds. The molecule has 0 radical (unpaired) electrons. The molecule has 0 spiro atoms. The van der Waals surface area contributed by atoms with Gasteiger partial charge in [-0.3, -0.25) is 14.5 Å². The number of halogens is 1. The van der Waals surface area contributed by atoms with Crippen LogP contribution in [0.1, 0.15) is 0 Å². The molecule has 2 N–H and O–H groups in total. The third-order valence-electron chi connectivity index (χ3n) is 2.29. The SMILES string of the molecule is CN1CCN(C)P1CBr.ON1NCCP1. The summed E-state index contributed by atoms with van der Waals surface area (Å²) in [6.07, 6.45) is 1.08. The first-order chi connectivity index (χ1) is 7.15. The molecule has 1 atom stereocenters. The Balaban J connectivity index is 0.000000162. The van der Waals surface area contributed by atoms with Crippen molar-refractivity contribution in [2.24, 2.45) is 0 Å². The van der Waals surface area contributed by atoms with Gasteiger partial charge in [0.15, 0.2) is 0 Å². The molecule has 2 fully saturated rings. The van der Waals surface area contributed by atoms with Crippen molar-refractivity contribution in [1.82, 2.24) is 19.7 Å². The van der Waals surface area contributed by atoms with Crippen LogP contribution in [0.3, 0.4) is 0 Å². The molecule has 2 aliphatic rings. The maximum atomic E-state index is 8.46. The molecule has 1 unspecified atom stereocenters. The molecular weight excluding hydrogens is 298 g/mol. The third kappa shape index (κ3) is 4.88. The molecule has 0 bridgehead atoms. The lowest BCUT2D eigenvalue weighted by atomic mass is 10.6. The van der Waals surface area contributed by atoms with Crippen molar-refractivity contribution in [3.05, 3.63) is 0 Å². The number of nitrogens with one attached hydrogen (secondary N) is 1. The van der Waals surface area contributed by atoms with Gasteiger partial charge in [0, 0.05) is 19.6 Å². The second kappa shape index (κ2) is 7.46. The zero-order chi connectivity index (χ0) is 11.3. The molecule has 0 aromatic heterocycles. The van der Waals surface area contributed by atoms with Crippen LogP contribution in [-0.2, 0) is 0 Å². The first-order valence-electron chi connectivity index (χ1n) is 4.86. The second-order valence-electron chi connectivity index (χ2n) is 3.38. The van der Waals surface area contributed by atoms with E-state index in [2.05, 4.69) is 44.8 Å².